The molecule has 1 heterocycles. The minimum absolute atomic E-state index is 0.00952. The van der Waals surface area contributed by atoms with E-state index in [0.717, 1.165) is 12.8 Å². The van der Waals surface area contributed by atoms with Crippen LogP contribution in [0.4, 0.5) is 10.1 Å². The van der Waals surface area contributed by atoms with Gasteiger partial charge < -0.3 is 15.7 Å². The molecule has 0 saturated carbocycles. The van der Waals surface area contributed by atoms with Crippen LogP contribution in [0.2, 0.25) is 0 Å². The molecule has 1 saturated heterocycles. The van der Waals surface area contributed by atoms with E-state index >= 15 is 0 Å². The SMILES string of the molecule is CC(O)C1CCN(C(=O)c2ccc(F)c(N)c2)CC1. The van der Waals surface area contributed by atoms with Gasteiger partial charge in [-0.05, 0) is 43.9 Å². The Morgan fingerprint density at radius 2 is 2.11 bits per heavy atom. The second-order valence-corrected chi connectivity index (χ2v) is 5.11. The molecule has 1 unspecified atom stereocenters. The Balaban J connectivity index is 2.03. The molecule has 1 amide bonds. The molecule has 0 bridgehead atoms. The number of hydrogen-bond donors (Lipinski definition) is 2. The first-order chi connectivity index (χ1) is 8.99. The average molecular weight is 266 g/mol. The lowest BCUT2D eigenvalue weighted by Gasteiger charge is -2.33. The van der Waals surface area contributed by atoms with E-state index in [0.29, 0.717) is 18.7 Å². The molecule has 19 heavy (non-hydrogen) atoms. The lowest BCUT2D eigenvalue weighted by Crippen LogP contribution is -2.40. The van der Waals surface area contributed by atoms with Gasteiger partial charge in [0, 0.05) is 18.7 Å². The number of likely N-dealkylation sites (tertiary alicyclic amines) is 1. The van der Waals surface area contributed by atoms with Crippen molar-refractivity contribution in [3.05, 3.63) is 29.6 Å². The third-order valence-electron chi connectivity index (χ3n) is 3.75. The van der Waals surface area contributed by atoms with Crippen LogP contribution in [0.15, 0.2) is 18.2 Å². The van der Waals surface area contributed by atoms with E-state index in [4.69, 9.17) is 5.73 Å². The Morgan fingerprint density at radius 1 is 1.47 bits per heavy atom. The maximum absolute atomic E-state index is 13.1. The molecule has 2 rings (SSSR count). The van der Waals surface area contributed by atoms with Crippen molar-refractivity contribution in [1.82, 2.24) is 4.90 Å². The smallest absolute Gasteiger partial charge is 0.253 e. The summed E-state index contributed by atoms with van der Waals surface area (Å²) in [6, 6.07) is 4.04. The van der Waals surface area contributed by atoms with Gasteiger partial charge in [0.05, 0.1) is 11.8 Å². The van der Waals surface area contributed by atoms with Crippen LogP contribution >= 0.6 is 0 Å². The Labute approximate surface area is 112 Å². The molecule has 0 spiro atoms. The Hall–Kier alpha value is -1.62. The zero-order valence-corrected chi connectivity index (χ0v) is 11.0. The van der Waals surface area contributed by atoms with Crippen LogP contribution in [-0.2, 0) is 0 Å². The minimum Gasteiger partial charge on any atom is -0.396 e. The summed E-state index contributed by atoms with van der Waals surface area (Å²) in [5, 5.41) is 9.52. The van der Waals surface area contributed by atoms with Crippen molar-refractivity contribution in [1.29, 1.82) is 0 Å². The Morgan fingerprint density at radius 3 is 2.63 bits per heavy atom. The summed E-state index contributed by atoms with van der Waals surface area (Å²) in [4.78, 5) is 14.0. The normalized spacial score (nSPS) is 18.4. The molecule has 0 radical (unpaired) electrons. The fourth-order valence-corrected chi connectivity index (χ4v) is 2.44. The van der Waals surface area contributed by atoms with E-state index < -0.39 is 5.82 Å². The van der Waals surface area contributed by atoms with Gasteiger partial charge in [-0.1, -0.05) is 0 Å². The van der Waals surface area contributed by atoms with Crippen LogP contribution in [0.3, 0.4) is 0 Å². The van der Waals surface area contributed by atoms with Crippen molar-refractivity contribution in [2.45, 2.75) is 25.9 Å². The van der Waals surface area contributed by atoms with Crippen molar-refractivity contribution in [3.63, 3.8) is 0 Å². The molecular formula is C14H19FN2O2. The summed E-state index contributed by atoms with van der Waals surface area (Å²) in [7, 11) is 0. The summed E-state index contributed by atoms with van der Waals surface area (Å²) in [6.45, 7) is 3.01. The fraction of sp³-hybridized carbons (Fsp3) is 0.500. The third-order valence-corrected chi connectivity index (χ3v) is 3.75. The lowest BCUT2D eigenvalue weighted by molar-refractivity contribution is 0.0521. The Bertz CT molecular complexity index is 469. The van der Waals surface area contributed by atoms with Crippen molar-refractivity contribution in [2.24, 2.45) is 5.92 Å². The van der Waals surface area contributed by atoms with E-state index in [1.165, 1.54) is 18.2 Å². The van der Waals surface area contributed by atoms with Gasteiger partial charge in [-0.25, -0.2) is 4.39 Å². The van der Waals surface area contributed by atoms with Gasteiger partial charge >= 0.3 is 0 Å². The number of aliphatic hydroxyl groups excluding tert-OH is 1. The van der Waals surface area contributed by atoms with Crippen molar-refractivity contribution < 1.29 is 14.3 Å². The van der Waals surface area contributed by atoms with E-state index in [1.807, 2.05) is 0 Å². The number of anilines is 1. The predicted octanol–water partition coefficient (Wildman–Crippen LogP) is 1.64. The van der Waals surface area contributed by atoms with Crippen LogP contribution in [0.5, 0.6) is 0 Å². The molecule has 0 aliphatic carbocycles. The number of amides is 1. The third kappa shape index (κ3) is 3.04. The molecule has 1 aromatic rings. The average Bonchev–Trinajstić information content (AvgIpc) is 2.41. The maximum atomic E-state index is 13.1. The number of hydrogen-bond acceptors (Lipinski definition) is 3. The number of carbonyl (C=O) groups is 1. The van der Waals surface area contributed by atoms with Gasteiger partial charge in [0.15, 0.2) is 0 Å². The van der Waals surface area contributed by atoms with Gasteiger partial charge in [0.25, 0.3) is 5.91 Å². The highest BCUT2D eigenvalue weighted by molar-refractivity contribution is 5.95. The molecule has 5 heteroatoms. The van der Waals surface area contributed by atoms with Gasteiger partial charge in [0.2, 0.25) is 0 Å². The molecule has 4 nitrogen and oxygen atoms in total. The largest absolute Gasteiger partial charge is 0.396 e. The van der Waals surface area contributed by atoms with E-state index in [1.54, 1.807) is 11.8 Å². The summed E-state index contributed by atoms with van der Waals surface area (Å²) < 4.78 is 13.1. The first-order valence-corrected chi connectivity index (χ1v) is 6.51. The van der Waals surface area contributed by atoms with Crippen LogP contribution < -0.4 is 5.73 Å². The minimum atomic E-state index is -0.510. The number of halogens is 1. The molecule has 1 atom stereocenters. The zero-order valence-electron chi connectivity index (χ0n) is 11.0. The zero-order chi connectivity index (χ0) is 14.0. The molecule has 3 N–H and O–H groups in total. The molecular weight excluding hydrogens is 247 g/mol. The summed E-state index contributed by atoms with van der Waals surface area (Å²) in [5.41, 5.74) is 5.87. The number of nitrogen functional groups attached to an aromatic ring is 1. The van der Waals surface area contributed by atoms with Crippen LogP contribution in [0.25, 0.3) is 0 Å². The maximum Gasteiger partial charge on any atom is 0.253 e. The number of nitrogens with two attached hydrogens (primary N) is 1. The van der Waals surface area contributed by atoms with Crippen LogP contribution in [0, 0.1) is 11.7 Å². The van der Waals surface area contributed by atoms with E-state index in [-0.39, 0.29) is 23.6 Å². The summed E-state index contributed by atoms with van der Waals surface area (Å²) in [5.74, 6) is -0.387. The van der Waals surface area contributed by atoms with E-state index in [9.17, 15) is 14.3 Å². The van der Waals surface area contributed by atoms with Gasteiger partial charge in [-0.15, -0.1) is 0 Å². The van der Waals surface area contributed by atoms with Crippen LogP contribution in [-0.4, -0.2) is 35.1 Å². The first kappa shape index (κ1) is 13.8. The number of rotatable bonds is 2. The standard InChI is InChI=1S/C14H19FN2O2/c1-9(18)10-4-6-17(7-5-10)14(19)11-2-3-12(15)13(16)8-11/h2-3,8-10,18H,4-7,16H2,1H3. The quantitative estimate of drug-likeness (QED) is 0.800. The first-order valence-electron chi connectivity index (χ1n) is 6.51. The number of carbonyl (C=O) groups excluding carboxylic acids is 1. The highest BCUT2D eigenvalue weighted by Gasteiger charge is 2.26. The van der Waals surface area contributed by atoms with Gasteiger partial charge in [-0.2, -0.15) is 0 Å². The fourth-order valence-electron chi connectivity index (χ4n) is 2.44. The summed E-state index contributed by atoms with van der Waals surface area (Å²) in [6.07, 6.45) is 1.25. The monoisotopic (exact) mass is 266 g/mol. The number of aliphatic hydroxyl groups is 1. The second-order valence-electron chi connectivity index (χ2n) is 5.11. The topological polar surface area (TPSA) is 66.6 Å². The van der Waals surface area contributed by atoms with Gasteiger partial charge in [0.1, 0.15) is 5.82 Å². The Kier molecular flexibility index (Phi) is 4.04. The molecule has 1 aliphatic heterocycles. The lowest BCUT2D eigenvalue weighted by atomic mass is 9.92. The predicted molar refractivity (Wildman–Crippen MR) is 71.1 cm³/mol. The van der Waals surface area contributed by atoms with Crippen LogP contribution in [0.1, 0.15) is 30.1 Å². The number of nitrogens with zero attached hydrogens (tertiary/aromatic N) is 1. The molecule has 1 aromatic carbocycles. The van der Waals surface area contributed by atoms with Crippen molar-refractivity contribution in [3.8, 4) is 0 Å². The number of benzene rings is 1. The number of piperidine rings is 1. The molecule has 1 aliphatic rings. The second kappa shape index (κ2) is 5.57. The highest BCUT2D eigenvalue weighted by Crippen LogP contribution is 2.22. The molecule has 0 aromatic heterocycles. The molecule has 1 fully saturated rings. The molecule has 104 valence electrons. The van der Waals surface area contributed by atoms with Crippen molar-refractivity contribution in [2.75, 3.05) is 18.8 Å². The van der Waals surface area contributed by atoms with Gasteiger partial charge in [-0.3, -0.25) is 4.79 Å². The van der Waals surface area contributed by atoms with E-state index in [2.05, 4.69) is 0 Å². The highest BCUT2D eigenvalue weighted by atomic mass is 19.1. The summed E-state index contributed by atoms with van der Waals surface area (Å²) >= 11 is 0. The van der Waals surface area contributed by atoms with Crippen molar-refractivity contribution >= 4 is 11.6 Å².